The van der Waals surface area contributed by atoms with Crippen LogP contribution in [-0.2, 0) is 14.3 Å². The fourth-order valence-corrected chi connectivity index (χ4v) is 2.91. The van der Waals surface area contributed by atoms with Gasteiger partial charge >= 0.3 is 6.09 Å². The number of hydrogen-bond acceptors (Lipinski definition) is 5. The van der Waals surface area contributed by atoms with Crippen molar-refractivity contribution < 1.29 is 24.9 Å². The van der Waals surface area contributed by atoms with Crippen LogP contribution < -0.4 is 15.1 Å². The average Bonchev–Trinajstić information content (AvgIpc) is 2.96. The van der Waals surface area contributed by atoms with Crippen LogP contribution in [0.1, 0.15) is 7.85 Å². The summed E-state index contributed by atoms with van der Waals surface area (Å²) in [5.41, 5.74) is 0.988. The Balaban J connectivity index is 0.00000225. The van der Waals surface area contributed by atoms with Crippen molar-refractivity contribution in [2.45, 2.75) is 12.5 Å². The lowest BCUT2D eigenvalue weighted by atomic mass is 10.2. The van der Waals surface area contributed by atoms with E-state index in [4.69, 9.17) is 9.47 Å². The predicted octanol–water partition coefficient (Wildman–Crippen LogP) is 1.37. The molecule has 0 aliphatic carbocycles. The van der Waals surface area contributed by atoms with E-state index in [0.717, 1.165) is 0 Å². The van der Waals surface area contributed by atoms with Gasteiger partial charge in [0.1, 0.15) is 11.9 Å². The third-order valence-corrected chi connectivity index (χ3v) is 4.16. The van der Waals surface area contributed by atoms with Gasteiger partial charge in [-0.3, -0.25) is 9.69 Å². The van der Waals surface area contributed by atoms with Crippen molar-refractivity contribution in [2.75, 3.05) is 49.2 Å². The van der Waals surface area contributed by atoms with Crippen LogP contribution in [-0.4, -0.2) is 58.0 Å². The number of cyclic esters (lactones) is 1. The molecular formula is C16H22FN3O4. The number of benzene rings is 1. The number of hydrogen-bond donors (Lipinski definition) is 1. The lowest BCUT2D eigenvalue weighted by molar-refractivity contribution is -0.109. The first kappa shape index (κ1) is 16.5. The smallest absolute Gasteiger partial charge is 0.414 e. The van der Waals surface area contributed by atoms with Gasteiger partial charge in [0.2, 0.25) is 6.41 Å². The van der Waals surface area contributed by atoms with Gasteiger partial charge in [0, 0.05) is 27.5 Å². The fourth-order valence-electron chi connectivity index (χ4n) is 2.91. The second kappa shape index (κ2) is 7.48. The number of morpholine rings is 1. The molecule has 1 aromatic rings. The molecule has 2 aliphatic heterocycles. The Kier molecular flexibility index (Phi) is 5.14. The highest BCUT2D eigenvalue weighted by molar-refractivity contribution is 5.90. The minimum absolute atomic E-state index is 0. The molecule has 132 valence electrons. The van der Waals surface area contributed by atoms with Gasteiger partial charge in [0.25, 0.3) is 0 Å². The number of nitrogens with zero attached hydrogens (tertiary/aromatic N) is 2. The summed E-state index contributed by atoms with van der Waals surface area (Å²) in [6.45, 7) is 3.23. The number of halogens is 1. The zero-order valence-corrected chi connectivity index (χ0v) is 13.2. The van der Waals surface area contributed by atoms with Crippen molar-refractivity contribution >= 4 is 23.9 Å². The zero-order valence-electron chi connectivity index (χ0n) is 13.2. The van der Waals surface area contributed by atoms with Gasteiger partial charge in [-0.25, -0.2) is 9.18 Å². The summed E-state index contributed by atoms with van der Waals surface area (Å²) in [7, 11) is 0. The molecule has 0 aromatic heterocycles. The molecule has 2 fully saturated rings. The highest BCUT2D eigenvalue weighted by Crippen LogP contribution is 2.28. The van der Waals surface area contributed by atoms with Gasteiger partial charge in [-0.2, -0.15) is 0 Å². The normalized spacial score (nSPS) is 20.9. The summed E-state index contributed by atoms with van der Waals surface area (Å²) < 4.78 is 25.0. The van der Waals surface area contributed by atoms with E-state index in [1.807, 2.05) is 4.90 Å². The first-order chi connectivity index (χ1) is 11.7. The molecule has 0 unspecified atom stereocenters. The summed E-state index contributed by atoms with van der Waals surface area (Å²) in [4.78, 5) is 25.6. The summed E-state index contributed by atoms with van der Waals surface area (Å²) in [5.74, 6) is -0.367. The molecule has 1 N–H and O–H groups in total. The van der Waals surface area contributed by atoms with Crippen LogP contribution in [0.5, 0.6) is 0 Å². The van der Waals surface area contributed by atoms with Crippen LogP contribution in [0, 0.1) is 5.82 Å². The van der Waals surface area contributed by atoms with E-state index >= 15 is 0 Å². The van der Waals surface area contributed by atoms with Crippen LogP contribution in [0.4, 0.5) is 20.6 Å². The molecule has 0 spiro atoms. The van der Waals surface area contributed by atoms with Crippen LogP contribution in [0.2, 0.25) is 0 Å². The molecular weight excluding hydrogens is 317 g/mol. The van der Waals surface area contributed by atoms with E-state index < -0.39 is 6.09 Å². The molecule has 2 heterocycles. The van der Waals surface area contributed by atoms with Gasteiger partial charge in [-0.05, 0) is 18.2 Å². The molecule has 1 atom stereocenters. The second-order valence-corrected chi connectivity index (χ2v) is 5.71. The maximum Gasteiger partial charge on any atom is 0.414 e. The number of carbonyl (C=O) groups excluding carboxylic acids is 2. The van der Waals surface area contributed by atoms with E-state index in [1.165, 1.54) is 11.0 Å². The van der Waals surface area contributed by atoms with Crippen molar-refractivity contribution in [3.63, 3.8) is 0 Å². The largest absolute Gasteiger partial charge is 0.444 e. The third kappa shape index (κ3) is 3.59. The molecule has 0 radical (unpaired) electrons. The molecule has 1 aromatic carbocycles. The van der Waals surface area contributed by atoms with Crippen molar-refractivity contribution in [3.05, 3.63) is 24.0 Å². The first-order valence-electron chi connectivity index (χ1n) is 7.96. The van der Waals surface area contributed by atoms with Gasteiger partial charge in [0.05, 0.1) is 31.1 Å². The van der Waals surface area contributed by atoms with Crippen molar-refractivity contribution in [1.82, 2.24) is 5.32 Å². The number of anilines is 2. The highest BCUT2D eigenvalue weighted by atomic mass is 19.1. The van der Waals surface area contributed by atoms with Crippen molar-refractivity contribution in [2.24, 2.45) is 0 Å². The number of ether oxygens (including phenoxy) is 2. The van der Waals surface area contributed by atoms with Crippen LogP contribution >= 0.6 is 0 Å². The Morgan fingerprint density at radius 3 is 2.88 bits per heavy atom. The number of nitrogens with one attached hydrogen (secondary N) is 1. The average molecular weight is 339 g/mol. The molecule has 3 rings (SSSR count). The van der Waals surface area contributed by atoms with Crippen molar-refractivity contribution in [1.29, 1.82) is 0 Å². The SMILES string of the molecule is O=CNCC[C@H]1CN(c2ccc(N3CCOCC3)c(F)c2)C(=O)O1.[HH]. The highest BCUT2D eigenvalue weighted by Gasteiger charge is 2.32. The molecule has 2 amide bonds. The quantitative estimate of drug-likeness (QED) is 0.626. The fraction of sp³-hybridized carbons (Fsp3) is 0.500. The van der Waals surface area contributed by atoms with E-state index in [2.05, 4.69) is 5.32 Å². The number of carbonyl (C=O) groups is 2. The Morgan fingerprint density at radius 1 is 1.38 bits per heavy atom. The maximum atomic E-state index is 14.5. The lowest BCUT2D eigenvalue weighted by Gasteiger charge is -2.29. The molecule has 8 heteroatoms. The third-order valence-electron chi connectivity index (χ3n) is 4.16. The monoisotopic (exact) mass is 339 g/mol. The number of rotatable bonds is 6. The lowest BCUT2D eigenvalue weighted by Crippen LogP contribution is -2.36. The summed E-state index contributed by atoms with van der Waals surface area (Å²) in [6, 6.07) is 4.77. The summed E-state index contributed by atoms with van der Waals surface area (Å²) in [6.07, 6.45) is 0.320. The Hall–Kier alpha value is -2.35. The number of amides is 2. The van der Waals surface area contributed by atoms with E-state index in [1.54, 1.807) is 12.1 Å². The minimum Gasteiger partial charge on any atom is -0.444 e. The second-order valence-electron chi connectivity index (χ2n) is 5.71. The van der Waals surface area contributed by atoms with E-state index in [-0.39, 0.29) is 13.3 Å². The van der Waals surface area contributed by atoms with Gasteiger partial charge in [0.15, 0.2) is 0 Å². The first-order valence-corrected chi connectivity index (χ1v) is 7.96. The molecule has 24 heavy (non-hydrogen) atoms. The topological polar surface area (TPSA) is 71.1 Å². The maximum absolute atomic E-state index is 14.5. The molecule has 7 nitrogen and oxygen atoms in total. The molecule has 2 saturated heterocycles. The Labute approximate surface area is 140 Å². The van der Waals surface area contributed by atoms with Gasteiger partial charge in [-0.15, -0.1) is 0 Å². The molecule has 2 aliphatic rings. The Morgan fingerprint density at radius 2 is 2.17 bits per heavy atom. The predicted molar refractivity (Wildman–Crippen MR) is 87.8 cm³/mol. The van der Waals surface area contributed by atoms with Crippen LogP contribution in [0.15, 0.2) is 18.2 Å². The van der Waals surface area contributed by atoms with E-state index in [9.17, 15) is 14.0 Å². The summed E-state index contributed by atoms with van der Waals surface area (Å²) in [5, 5.41) is 2.53. The van der Waals surface area contributed by atoms with Crippen molar-refractivity contribution in [3.8, 4) is 0 Å². The standard InChI is InChI=1S/C16H20FN3O4.H2/c17-14-9-12(1-2-15(14)19-5-7-23-8-6-19)20-10-13(24-16(20)22)3-4-18-11-21;/h1-2,9,11,13H,3-8,10H2,(H,18,21);1H/t13-;/m0./s1. The van der Waals surface area contributed by atoms with E-state index in [0.29, 0.717) is 63.6 Å². The molecule has 0 saturated carbocycles. The van der Waals surface area contributed by atoms with Gasteiger partial charge in [-0.1, -0.05) is 0 Å². The van der Waals surface area contributed by atoms with Crippen LogP contribution in [0.25, 0.3) is 0 Å². The minimum atomic E-state index is -0.496. The summed E-state index contributed by atoms with van der Waals surface area (Å²) >= 11 is 0. The van der Waals surface area contributed by atoms with Gasteiger partial charge < -0.3 is 19.7 Å². The molecule has 0 bridgehead atoms. The van der Waals surface area contributed by atoms with Crippen LogP contribution in [0.3, 0.4) is 0 Å². The zero-order chi connectivity index (χ0) is 16.9. The Bertz CT molecular complexity index is 613.